The van der Waals surface area contributed by atoms with Gasteiger partial charge in [-0.05, 0) is 54.3 Å². The molecule has 0 unspecified atom stereocenters. The van der Waals surface area contributed by atoms with Crippen molar-refractivity contribution in [2.45, 2.75) is 37.5 Å². The molecule has 0 atom stereocenters. The van der Waals surface area contributed by atoms with Gasteiger partial charge in [-0.15, -0.1) is 0 Å². The fourth-order valence-electron chi connectivity index (χ4n) is 2.80. The van der Waals surface area contributed by atoms with E-state index in [0.29, 0.717) is 18.9 Å². The summed E-state index contributed by atoms with van der Waals surface area (Å²) in [6.45, 7) is 4.79. The number of amides is 1. The second-order valence-corrected chi connectivity index (χ2v) is 7.95. The van der Waals surface area contributed by atoms with Gasteiger partial charge in [0.25, 0.3) is 0 Å². The Morgan fingerprint density at radius 1 is 1.00 bits per heavy atom. The first-order valence-electron chi connectivity index (χ1n) is 8.32. The van der Waals surface area contributed by atoms with Crippen molar-refractivity contribution >= 4 is 21.7 Å². The average molecular weight is 359 g/mol. The Kier molecular flexibility index (Phi) is 4.81. The number of anilines is 1. The summed E-state index contributed by atoms with van der Waals surface area (Å²) in [5.41, 5.74) is 1.83. The van der Waals surface area contributed by atoms with E-state index in [2.05, 4.69) is 0 Å². The minimum atomic E-state index is -3.88. The van der Waals surface area contributed by atoms with Crippen LogP contribution in [0.3, 0.4) is 0 Å². The van der Waals surface area contributed by atoms with Crippen LogP contribution in [-0.2, 0) is 14.9 Å². The predicted octanol–water partition coefficient (Wildman–Crippen LogP) is 3.70. The minimum Gasteiger partial charge on any atom is -0.379 e. The van der Waals surface area contributed by atoms with Gasteiger partial charge in [-0.25, -0.2) is 0 Å². The van der Waals surface area contributed by atoms with Crippen molar-refractivity contribution in [2.75, 3.05) is 11.4 Å². The summed E-state index contributed by atoms with van der Waals surface area (Å²) in [6.07, 6.45) is 1.40. The molecule has 6 heteroatoms. The lowest BCUT2D eigenvalue weighted by atomic mass is 10.0. The molecule has 1 saturated heterocycles. The molecule has 0 N–H and O–H groups in total. The molecule has 1 heterocycles. The van der Waals surface area contributed by atoms with Crippen LogP contribution >= 0.6 is 0 Å². The maximum Gasteiger partial charge on any atom is 0.339 e. The Bertz CT molecular complexity index is 855. The van der Waals surface area contributed by atoms with Gasteiger partial charge in [0, 0.05) is 18.7 Å². The Balaban J connectivity index is 1.75. The molecule has 25 heavy (non-hydrogen) atoms. The maximum absolute atomic E-state index is 12.4. The molecule has 0 radical (unpaired) electrons. The molecule has 132 valence electrons. The number of carbonyl (C=O) groups is 1. The standard InChI is InChI=1S/C19H21NO4S/c1-14(2)15-5-11-18(12-6-15)25(22,23)24-17-9-7-16(8-10-17)20-13-3-4-19(20)21/h5-12,14H,3-4,13H2,1-2H3. The summed E-state index contributed by atoms with van der Waals surface area (Å²) in [6, 6.07) is 13.3. The third-order valence-corrected chi connectivity index (χ3v) is 5.52. The molecule has 3 rings (SSSR count). The molecule has 0 saturated carbocycles. The summed E-state index contributed by atoms with van der Waals surface area (Å²) >= 11 is 0. The van der Waals surface area contributed by atoms with Crippen LogP contribution in [0.4, 0.5) is 5.69 Å². The van der Waals surface area contributed by atoms with E-state index in [9.17, 15) is 13.2 Å². The first-order valence-corrected chi connectivity index (χ1v) is 9.72. The van der Waals surface area contributed by atoms with Crippen molar-refractivity contribution in [3.63, 3.8) is 0 Å². The molecule has 1 fully saturated rings. The number of nitrogens with zero attached hydrogens (tertiary/aromatic N) is 1. The Morgan fingerprint density at radius 3 is 2.16 bits per heavy atom. The van der Waals surface area contributed by atoms with Gasteiger partial charge >= 0.3 is 10.1 Å². The van der Waals surface area contributed by atoms with Crippen molar-refractivity contribution in [1.29, 1.82) is 0 Å². The van der Waals surface area contributed by atoms with Gasteiger partial charge < -0.3 is 9.08 Å². The number of benzene rings is 2. The summed E-state index contributed by atoms with van der Waals surface area (Å²) < 4.78 is 30.0. The molecular weight excluding hydrogens is 338 g/mol. The van der Waals surface area contributed by atoms with E-state index in [4.69, 9.17) is 4.18 Å². The first-order chi connectivity index (χ1) is 11.9. The van der Waals surface area contributed by atoms with Crippen molar-refractivity contribution < 1.29 is 17.4 Å². The zero-order chi connectivity index (χ0) is 18.0. The molecule has 1 aliphatic heterocycles. The van der Waals surface area contributed by atoms with Crippen molar-refractivity contribution in [2.24, 2.45) is 0 Å². The van der Waals surface area contributed by atoms with Gasteiger partial charge in [0.1, 0.15) is 10.6 Å². The first kappa shape index (κ1) is 17.5. The summed E-state index contributed by atoms with van der Waals surface area (Å²) in [5.74, 6) is 0.647. The van der Waals surface area contributed by atoms with Gasteiger partial charge in [0.05, 0.1) is 0 Å². The van der Waals surface area contributed by atoms with E-state index in [0.717, 1.165) is 17.7 Å². The molecule has 0 aliphatic carbocycles. The van der Waals surface area contributed by atoms with Crippen molar-refractivity contribution in [3.8, 4) is 5.75 Å². The fraction of sp³-hybridized carbons (Fsp3) is 0.316. The van der Waals surface area contributed by atoms with Crippen LogP contribution in [-0.4, -0.2) is 20.9 Å². The lowest BCUT2D eigenvalue weighted by Crippen LogP contribution is -2.23. The van der Waals surface area contributed by atoms with Crippen LogP contribution in [0.1, 0.15) is 38.2 Å². The average Bonchev–Trinajstić information content (AvgIpc) is 3.01. The highest BCUT2D eigenvalue weighted by Gasteiger charge is 2.22. The second-order valence-electron chi connectivity index (χ2n) is 6.40. The van der Waals surface area contributed by atoms with Gasteiger partial charge in [0.15, 0.2) is 0 Å². The number of hydrogen-bond donors (Lipinski definition) is 0. The zero-order valence-electron chi connectivity index (χ0n) is 14.3. The van der Waals surface area contributed by atoms with E-state index < -0.39 is 10.1 Å². The Hall–Kier alpha value is -2.34. The highest BCUT2D eigenvalue weighted by atomic mass is 32.2. The zero-order valence-corrected chi connectivity index (χ0v) is 15.1. The van der Waals surface area contributed by atoms with Crippen LogP contribution in [0.15, 0.2) is 53.4 Å². The van der Waals surface area contributed by atoms with E-state index in [1.807, 2.05) is 13.8 Å². The van der Waals surface area contributed by atoms with Crippen molar-refractivity contribution in [3.05, 3.63) is 54.1 Å². The molecule has 1 aliphatic rings. The normalized spacial score (nSPS) is 15.0. The van der Waals surface area contributed by atoms with Crippen LogP contribution in [0.5, 0.6) is 5.75 Å². The van der Waals surface area contributed by atoms with E-state index in [-0.39, 0.29) is 16.6 Å². The largest absolute Gasteiger partial charge is 0.379 e. The van der Waals surface area contributed by atoms with Crippen LogP contribution < -0.4 is 9.08 Å². The fourth-order valence-corrected chi connectivity index (χ4v) is 3.73. The van der Waals surface area contributed by atoms with Crippen LogP contribution in [0.25, 0.3) is 0 Å². The Labute approximate surface area is 148 Å². The van der Waals surface area contributed by atoms with Crippen LogP contribution in [0, 0.1) is 0 Å². The smallest absolute Gasteiger partial charge is 0.339 e. The van der Waals surface area contributed by atoms with Crippen molar-refractivity contribution in [1.82, 2.24) is 0 Å². The summed E-state index contributed by atoms with van der Waals surface area (Å²) in [7, 11) is -3.88. The number of carbonyl (C=O) groups excluding carboxylic acids is 1. The highest BCUT2D eigenvalue weighted by Crippen LogP contribution is 2.26. The SMILES string of the molecule is CC(C)c1ccc(S(=O)(=O)Oc2ccc(N3CCCC3=O)cc2)cc1. The van der Waals surface area contributed by atoms with Gasteiger partial charge in [0.2, 0.25) is 5.91 Å². The molecule has 0 spiro atoms. The minimum absolute atomic E-state index is 0.0894. The van der Waals surface area contributed by atoms with Gasteiger partial charge in [-0.1, -0.05) is 26.0 Å². The van der Waals surface area contributed by atoms with E-state index in [1.165, 1.54) is 0 Å². The van der Waals surface area contributed by atoms with E-state index >= 15 is 0 Å². The molecule has 0 bridgehead atoms. The third kappa shape index (κ3) is 3.85. The quantitative estimate of drug-likeness (QED) is 0.764. The summed E-state index contributed by atoms with van der Waals surface area (Å²) in [5, 5.41) is 0. The maximum atomic E-state index is 12.4. The lowest BCUT2D eigenvalue weighted by molar-refractivity contribution is -0.117. The molecule has 2 aromatic rings. The topological polar surface area (TPSA) is 63.7 Å². The monoisotopic (exact) mass is 359 g/mol. The highest BCUT2D eigenvalue weighted by molar-refractivity contribution is 7.87. The molecule has 0 aromatic heterocycles. The number of rotatable bonds is 5. The van der Waals surface area contributed by atoms with Crippen LogP contribution in [0.2, 0.25) is 0 Å². The van der Waals surface area contributed by atoms with Gasteiger partial charge in [-0.3, -0.25) is 4.79 Å². The Morgan fingerprint density at radius 2 is 1.64 bits per heavy atom. The molecule has 1 amide bonds. The molecule has 5 nitrogen and oxygen atoms in total. The summed E-state index contributed by atoms with van der Waals surface area (Å²) in [4.78, 5) is 13.6. The third-order valence-electron chi connectivity index (χ3n) is 4.26. The van der Waals surface area contributed by atoms with E-state index in [1.54, 1.807) is 53.4 Å². The second kappa shape index (κ2) is 6.88. The number of hydrogen-bond acceptors (Lipinski definition) is 4. The lowest BCUT2D eigenvalue weighted by Gasteiger charge is -2.16. The molecular formula is C19H21NO4S. The predicted molar refractivity (Wildman–Crippen MR) is 96.4 cm³/mol. The van der Waals surface area contributed by atoms with Gasteiger partial charge in [-0.2, -0.15) is 8.42 Å². The molecule has 2 aromatic carbocycles.